The molecule has 2 amide bonds. The third-order valence-corrected chi connectivity index (χ3v) is 5.14. The number of nitrogens with zero attached hydrogens (tertiary/aromatic N) is 5. The van der Waals surface area contributed by atoms with Crippen LogP contribution in [-0.4, -0.2) is 69.8 Å². The van der Waals surface area contributed by atoms with Gasteiger partial charge in [-0.3, -0.25) is 0 Å². The Balaban J connectivity index is 1.59. The monoisotopic (exact) mass is 430 g/mol. The number of urea groups is 1. The molecule has 0 aliphatic carbocycles. The van der Waals surface area contributed by atoms with Crippen LogP contribution in [0.5, 0.6) is 0 Å². The number of aliphatic hydroxyl groups excluding tert-OH is 1. The summed E-state index contributed by atoms with van der Waals surface area (Å²) in [5.74, 6) is -0.508. The van der Waals surface area contributed by atoms with Gasteiger partial charge in [0.1, 0.15) is 17.7 Å². The van der Waals surface area contributed by atoms with Crippen LogP contribution in [0.4, 0.5) is 25.0 Å². The zero-order valence-corrected chi connectivity index (χ0v) is 17.1. The molecule has 0 unspecified atom stereocenters. The fourth-order valence-corrected chi connectivity index (χ4v) is 3.52. The first-order chi connectivity index (χ1) is 15.0. The van der Waals surface area contributed by atoms with Crippen molar-refractivity contribution in [1.29, 1.82) is 0 Å². The lowest BCUT2D eigenvalue weighted by atomic mass is 10.2. The van der Waals surface area contributed by atoms with E-state index in [9.17, 15) is 18.7 Å². The van der Waals surface area contributed by atoms with E-state index in [2.05, 4.69) is 22.3 Å². The normalized spacial score (nSPS) is 14.0. The number of hydrogen-bond acceptors (Lipinski definition) is 5. The lowest BCUT2D eigenvalue weighted by molar-refractivity contribution is 0.0974. The molecular weight excluding hydrogens is 406 g/mol. The van der Waals surface area contributed by atoms with Crippen molar-refractivity contribution in [2.75, 3.05) is 43.0 Å². The number of likely N-dealkylation sites (tertiary alicyclic amines) is 1. The zero-order valence-electron chi connectivity index (χ0n) is 17.1. The summed E-state index contributed by atoms with van der Waals surface area (Å²) < 4.78 is 28.9. The average Bonchev–Trinajstić information content (AvgIpc) is 3.15. The van der Waals surface area contributed by atoms with E-state index in [1.165, 1.54) is 27.8 Å². The second-order valence-electron chi connectivity index (χ2n) is 7.49. The van der Waals surface area contributed by atoms with Gasteiger partial charge in [-0.1, -0.05) is 6.92 Å². The topological polar surface area (TPSA) is 86.5 Å². The van der Waals surface area contributed by atoms with E-state index in [4.69, 9.17) is 0 Å². The van der Waals surface area contributed by atoms with Gasteiger partial charge in [0.05, 0.1) is 31.6 Å². The Morgan fingerprint density at radius 1 is 1.32 bits per heavy atom. The quantitative estimate of drug-likeness (QED) is 0.602. The van der Waals surface area contributed by atoms with Crippen molar-refractivity contribution in [1.82, 2.24) is 19.7 Å². The van der Waals surface area contributed by atoms with Crippen molar-refractivity contribution >= 4 is 28.4 Å². The summed E-state index contributed by atoms with van der Waals surface area (Å²) in [6.45, 7) is 3.48. The van der Waals surface area contributed by atoms with Gasteiger partial charge in [0.15, 0.2) is 5.65 Å². The van der Waals surface area contributed by atoms with E-state index in [1.54, 1.807) is 12.4 Å². The van der Waals surface area contributed by atoms with E-state index in [0.29, 0.717) is 17.9 Å². The lowest BCUT2D eigenvalue weighted by Crippen LogP contribution is -2.53. The molecule has 4 rings (SSSR count). The number of carbonyl (C=O) groups excluding carboxylic acids is 1. The molecule has 0 atom stereocenters. The maximum atomic E-state index is 14.5. The second-order valence-corrected chi connectivity index (χ2v) is 7.49. The highest BCUT2D eigenvalue weighted by molar-refractivity contribution is 5.90. The molecular formula is C21H24F2N6O2. The Labute approximate surface area is 178 Å². The summed E-state index contributed by atoms with van der Waals surface area (Å²) in [4.78, 5) is 19.9. The number of pyridine rings is 1. The van der Waals surface area contributed by atoms with Crippen molar-refractivity contribution in [3.8, 4) is 5.69 Å². The number of amides is 2. The number of hydrogen-bond donors (Lipinski definition) is 2. The molecule has 164 valence electrons. The predicted molar refractivity (Wildman–Crippen MR) is 114 cm³/mol. The Morgan fingerprint density at radius 2 is 2.13 bits per heavy atom. The molecule has 8 nitrogen and oxygen atoms in total. The number of aromatic nitrogens is 3. The number of alkyl halides is 1. The third kappa shape index (κ3) is 4.43. The minimum atomic E-state index is -0.992. The molecule has 0 spiro atoms. The summed E-state index contributed by atoms with van der Waals surface area (Å²) in [6.07, 6.45) is 3.28. The fraction of sp³-hybridized carbons (Fsp3) is 0.381. The number of aliphatic hydroxyl groups is 1. The summed E-state index contributed by atoms with van der Waals surface area (Å²) in [5, 5.41) is 17.0. The largest absolute Gasteiger partial charge is 0.395 e. The van der Waals surface area contributed by atoms with Crippen LogP contribution >= 0.6 is 0 Å². The molecule has 1 saturated heterocycles. The van der Waals surface area contributed by atoms with Gasteiger partial charge in [-0.05, 0) is 30.7 Å². The number of benzene rings is 1. The number of nitrogens with one attached hydrogen (secondary N) is 1. The Morgan fingerprint density at radius 3 is 2.84 bits per heavy atom. The van der Waals surface area contributed by atoms with Gasteiger partial charge in [-0.25, -0.2) is 23.2 Å². The molecule has 0 bridgehead atoms. The standard InChI is InChI=1S/C21H24F2N6O2/c1-2-5-27(6-7-30)17-8-14-11-29(26-20(14)24-10-17)19-9-16(3-4-18(19)23)25-21(31)28-12-15(22)13-28/h3-4,8-11,15,30H,2,5-7,12-13H2,1H3,(H,25,31). The SMILES string of the molecule is CCCN(CCO)c1cnc2nn(-c3cc(NC(=O)N4CC(F)C4)ccc3F)cc2c1. The Hall–Kier alpha value is -3.27. The smallest absolute Gasteiger partial charge is 0.322 e. The van der Waals surface area contributed by atoms with Gasteiger partial charge < -0.3 is 20.2 Å². The summed E-state index contributed by atoms with van der Waals surface area (Å²) in [7, 11) is 0. The fourth-order valence-electron chi connectivity index (χ4n) is 3.52. The minimum absolute atomic E-state index is 0.0322. The molecule has 2 N–H and O–H groups in total. The first-order valence-corrected chi connectivity index (χ1v) is 10.2. The van der Waals surface area contributed by atoms with Gasteiger partial charge in [-0.15, -0.1) is 5.10 Å². The van der Waals surface area contributed by atoms with Gasteiger partial charge in [0.25, 0.3) is 0 Å². The van der Waals surface area contributed by atoms with Crippen molar-refractivity contribution in [3.05, 3.63) is 42.5 Å². The van der Waals surface area contributed by atoms with E-state index >= 15 is 0 Å². The van der Waals surface area contributed by atoms with Crippen molar-refractivity contribution in [2.45, 2.75) is 19.5 Å². The van der Waals surface area contributed by atoms with Gasteiger partial charge in [-0.2, -0.15) is 0 Å². The van der Waals surface area contributed by atoms with Crippen molar-refractivity contribution in [3.63, 3.8) is 0 Å². The highest BCUT2D eigenvalue weighted by Gasteiger charge is 2.30. The van der Waals surface area contributed by atoms with Crippen LogP contribution in [0.15, 0.2) is 36.7 Å². The molecule has 0 radical (unpaired) electrons. The predicted octanol–water partition coefficient (Wildman–Crippen LogP) is 2.95. The summed E-state index contributed by atoms with van der Waals surface area (Å²) in [6, 6.07) is 5.64. The molecule has 2 aromatic heterocycles. The van der Waals surface area contributed by atoms with Crippen LogP contribution in [0.1, 0.15) is 13.3 Å². The maximum Gasteiger partial charge on any atom is 0.322 e. The molecule has 1 aliphatic rings. The molecule has 10 heteroatoms. The first-order valence-electron chi connectivity index (χ1n) is 10.2. The van der Waals surface area contributed by atoms with Crippen LogP contribution in [-0.2, 0) is 0 Å². The van der Waals surface area contributed by atoms with Gasteiger partial charge in [0, 0.05) is 30.4 Å². The minimum Gasteiger partial charge on any atom is -0.395 e. The van der Waals surface area contributed by atoms with E-state index < -0.39 is 18.0 Å². The van der Waals surface area contributed by atoms with Crippen molar-refractivity contribution < 1.29 is 18.7 Å². The molecule has 1 aromatic carbocycles. The molecule has 3 heterocycles. The first kappa shape index (κ1) is 21.0. The number of anilines is 2. The van der Waals surface area contributed by atoms with Crippen LogP contribution in [0.2, 0.25) is 0 Å². The van der Waals surface area contributed by atoms with E-state index in [1.807, 2.05) is 11.0 Å². The van der Waals surface area contributed by atoms with Gasteiger partial charge in [0.2, 0.25) is 0 Å². The van der Waals surface area contributed by atoms with Crippen LogP contribution in [0, 0.1) is 5.82 Å². The van der Waals surface area contributed by atoms with Crippen LogP contribution in [0.3, 0.4) is 0 Å². The van der Waals surface area contributed by atoms with E-state index in [0.717, 1.165) is 24.0 Å². The average molecular weight is 430 g/mol. The number of rotatable bonds is 7. The van der Waals surface area contributed by atoms with E-state index in [-0.39, 0.29) is 25.4 Å². The molecule has 1 fully saturated rings. The molecule has 3 aromatic rings. The number of halogens is 2. The third-order valence-electron chi connectivity index (χ3n) is 5.14. The summed E-state index contributed by atoms with van der Waals surface area (Å²) in [5.41, 5.74) is 1.84. The highest BCUT2D eigenvalue weighted by Crippen LogP contribution is 2.24. The Bertz CT molecular complexity index is 1080. The number of carbonyl (C=O) groups is 1. The number of fused-ring (bicyclic) bond motifs is 1. The highest BCUT2D eigenvalue weighted by atomic mass is 19.1. The maximum absolute atomic E-state index is 14.5. The summed E-state index contributed by atoms with van der Waals surface area (Å²) >= 11 is 0. The molecule has 1 aliphatic heterocycles. The zero-order chi connectivity index (χ0) is 22.0. The van der Waals surface area contributed by atoms with Crippen LogP contribution in [0.25, 0.3) is 16.7 Å². The molecule has 0 saturated carbocycles. The Kier molecular flexibility index (Phi) is 5.99. The van der Waals surface area contributed by atoms with Crippen molar-refractivity contribution in [2.24, 2.45) is 0 Å². The van der Waals surface area contributed by atoms with Crippen LogP contribution < -0.4 is 10.2 Å². The lowest BCUT2D eigenvalue weighted by Gasteiger charge is -2.34. The van der Waals surface area contributed by atoms with Gasteiger partial charge >= 0.3 is 6.03 Å². The molecule has 31 heavy (non-hydrogen) atoms. The second kappa shape index (κ2) is 8.84.